The summed E-state index contributed by atoms with van der Waals surface area (Å²) in [6, 6.07) is 14.6. The van der Waals surface area contributed by atoms with Gasteiger partial charge in [-0.25, -0.2) is 5.43 Å². The third kappa shape index (κ3) is 5.47. The molecule has 0 atom stereocenters. The van der Waals surface area contributed by atoms with E-state index in [2.05, 4.69) is 15.4 Å². The Labute approximate surface area is 164 Å². The smallest absolute Gasteiger partial charge is 0.269 e. The molecule has 0 saturated carbocycles. The fourth-order valence-electron chi connectivity index (χ4n) is 3.25. The number of nitrogens with one attached hydrogen (secondary N) is 1. The van der Waals surface area contributed by atoms with E-state index >= 15 is 0 Å². The van der Waals surface area contributed by atoms with Crippen LogP contribution >= 0.6 is 0 Å². The van der Waals surface area contributed by atoms with E-state index < -0.39 is 4.92 Å². The maximum atomic E-state index is 12.3. The minimum Gasteiger partial charge on any atom is -0.299 e. The van der Waals surface area contributed by atoms with Crippen molar-refractivity contribution in [2.45, 2.75) is 26.3 Å². The van der Waals surface area contributed by atoms with Crippen LogP contribution in [0.3, 0.4) is 0 Å². The van der Waals surface area contributed by atoms with Gasteiger partial charge in [-0.1, -0.05) is 42.0 Å². The van der Waals surface area contributed by atoms with Crippen LogP contribution in [0, 0.1) is 23.0 Å². The van der Waals surface area contributed by atoms with Crippen molar-refractivity contribution in [1.29, 1.82) is 0 Å². The van der Waals surface area contributed by atoms with E-state index in [1.165, 1.54) is 17.7 Å². The molecule has 7 heteroatoms. The van der Waals surface area contributed by atoms with E-state index in [-0.39, 0.29) is 17.5 Å². The van der Waals surface area contributed by atoms with Crippen LogP contribution in [0.5, 0.6) is 0 Å². The second-order valence-electron chi connectivity index (χ2n) is 7.12. The van der Waals surface area contributed by atoms with Gasteiger partial charge in [-0.3, -0.25) is 19.8 Å². The number of nitro benzene ring substituents is 1. The molecular weight excluding hydrogens is 356 g/mol. The van der Waals surface area contributed by atoms with Gasteiger partial charge in [0.15, 0.2) is 0 Å². The van der Waals surface area contributed by atoms with Gasteiger partial charge in [-0.05, 0) is 44.0 Å². The molecule has 1 amide bonds. The minimum absolute atomic E-state index is 0.0386. The number of benzene rings is 2. The Bertz CT molecular complexity index is 839. The Morgan fingerprint density at radius 3 is 2.43 bits per heavy atom. The van der Waals surface area contributed by atoms with Gasteiger partial charge in [0.1, 0.15) is 0 Å². The van der Waals surface area contributed by atoms with E-state index in [1.807, 2.05) is 31.2 Å². The molecule has 2 aromatic carbocycles. The predicted octanol–water partition coefficient (Wildman–Crippen LogP) is 3.27. The first-order valence-electron chi connectivity index (χ1n) is 9.36. The monoisotopic (exact) mass is 380 g/mol. The summed E-state index contributed by atoms with van der Waals surface area (Å²) < 4.78 is 0. The number of non-ortho nitro benzene ring substituents is 1. The molecule has 0 unspecified atom stereocenters. The van der Waals surface area contributed by atoms with E-state index in [9.17, 15) is 14.9 Å². The van der Waals surface area contributed by atoms with Crippen molar-refractivity contribution in [3.8, 4) is 0 Å². The van der Waals surface area contributed by atoms with Crippen molar-refractivity contribution in [3.63, 3.8) is 0 Å². The van der Waals surface area contributed by atoms with Crippen LogP contribution in [0.4, 0.5) is 5.69 Å². The fraction of sp³-hybridized carbons (Fsp3) is 0.333. The van der Waals surface area contributed by atoms with Gasteiger partial charge in [-0.2, -0.15) is 5.10 Å². The first-order valence-corrected chi connectivity index (χ1v) is 9.36. The van der Waals surface area contributed by atoms with Crippen LogP contribution in [-0.2, 0) is 11.3 Å². The summed E-state index contributed by atoms with van der Waals surface area (Å²) >= 11 is 0. The molecule has 0 aliphatic carbocycles. The molecule has 28 heavy (non-hydrogen) atoms. The number of rotatable bonds is 6. The number of carbonyl (C=O) groups excluding carboxylic acids is 1. The zero-order valence-corrected chi connectivity index (χ0v) is 15.9. The zero-order valence-electron chi connectivity index (χ0n) is 15.9. The summed E-state index contributed by atoms with van der Waals surface area (Å²) in [4.78, 5) is 24.9. The molecule has 1 N–H and O–H groups in total. The number of nitro groups is 1. The molecule has 1 aliphatic rings. The summed E-state index contributed by atoms with van der Waals surface area (Å²) in [5, 5.41) is 14.8. The summed E-state index contributed by atoms with van der Waals surface area (Å²) in [7, 11) is 0. The Morgan fingerprint density at radius 1 is 1.18 bits per heavy atom. The summed E-state index contributed by atoms with van der Waals surface area (Å²) in [6.45, 7) is 4.39. The molecule has 0 aromatic heterocycles. The molecule has 7 nitrogen and oxygen atoms in total. The number of nitrogens with zero attached hydrogens (tertiary/aromatic N) is 3. The van der Waals surface area contributed by atoms with Crippen molar-refractivity contribution in [1.82, 2.24) is 10.3 Å². The number of piperidine rings is 1. The standard InChI is InChI=1S/C21H24N4O3/c1-16-2-4-17(5-3-16)14-22-23-21(26)19-10-12-24(13-11-19)15-18-6-8-20(9-7-18)25(27)28/h2-9,14,19H,10-13,15H2,1H3,(H,23,26)/b22-14+. The van der Waals surface area contributed by atoms with Crippen molar-refractivity contribution >= 4 is 17.8 Å². The van der Waals surface area contributed by atoms with Gasteiger partial charge in [0.25, 0.3) is 5.69 Å². The van der Waals surface area contributed by atoms with E-state index in [0.29, 0.717) is 0 Å². The minimum atomic E-state index is -0.394. The van der Waals surface area contributed by atoms with Crippen LogP contribution in [-0.4, -0.2) is 35.0 Å². The molecule has 0 spiro atoms. The number of hydrazone groups is 1. The maximum Gasteiger partial charge on any atom is 0.269 e. The van der Waals surface area contributed by atoms with Crippen molar-refractivity contribution in [2.24, 2.45) is 11.0 Å². The van der Waals surface area contributed by atoms with Crippen LogP contribution < -0.4 is 5.43 Å². The SMILES string of the molecule is Cc1ccc(/C=N/NC(=O)C2CCN(Cc3ccc([N+](=O)[O-])cc3)CC2)cc1. The van der Waals surface area contributed by atoms with Crippen LogP contribution in [0.2, 0.25) is 0 Å². The highest BCUT2D eigenvalue weighted by molar-refractivity contribution is 5.83. The van der Waals surface area contributed by atoms with Gasteiger partial charge < -0.3 is 0 Å². The van der Waals surface area contributed by atoms with Crippen LogP contribution in [0.25, 0.3) is 0 Å². The number of hydrogen-bond donors (Lipinski definition) is 1. The van der Waals surface area contributed by atoms with Crippen molar-refractivity contribution < 1.29 is 9.72 Å². The van der Waals surface area contributed by atoms with Gasteiger partial charge in [-0.15, -0.1) is 0 Å². The number of hydrogen-bond acceptors (Lipinski definition) is 5. The molecule has 3 rings (SSSR count). The van der Waals surface area contributed by atoms with Gasteiger partial charge in [0.05, 0.1) is 11.1 Å². The Balaban J connectivity index is 1.43. The summed E-state index contributed by atoms with van der Waals surface area (Å²) in [6.07, 6.45) is 3.21. The lowest BCUT2D eigenvalue weighted by atomic mass is 9.96. The highest BCUT2D eigenvalue weighted by Gasteiger charge is 2.24. The van der Waals surface area contributed by atoms with Crippen LogP contribution in [0.1, 0.15) is 29.5 Å². The van der Waals surface area contributed by atoms with Crippen LogP contribution in [0.15, 0.2) is 53.6 Å². The maximum absolute atomic E-state index is 12.3. The van der Waals surface area contributed by atoms with Crippen molar-refractivity contribution in [3.05, 3.63) is 75.3 Å². The normalized spacial score (nSPS) is 15.6. The molecule has 146 valence electrons. The molecule has 1 heterocycles. The Morgan fingerprint density at radius 2 is 1.82 bits per heavy atom. The van der Waals surface area contributed by atoms with E-state index in [4.69, 9.17) is 0 Å². The highest BCUT2D eigenvalue weighted by Crippen LogP contribution is 2.20. The zero-order chi connectivity index (χ0) is 19.9. The molecular formula is C21H24N4O3. The Hall–Kier alpha value is -3.06. The highest BCUT2D eigenvalue weighted by atomic mass is 16.6. The fourth-order valence-corrected chi connectivity index (χ4v) is 3.25. The molecule has 0 radical (unpaired) electrons. The number of aryl methyl sites for hydroxylation is 1. The largest absolute Gasteiger partial charge is 0.299 e. The van der Waals surface area contributed by atoms with Crippen molar-refractivity contribution in [2.75, 3.05) is 13.1 Å². The molecule has 2 aromatic rings. The predicted molar refractivity (Wildman–Crippen MR) is 108 cm³/mol. The topological polar surface area (TPSA) is 87.8 Å². The summed E-state index contributed by atoms with van der Waals surface area (Å²) in [5.41, 5.74) is 5.92. The molecule has 1 fully saturated rings. The molecule has 1 saturated heterocycles. The first kappa shape index (κ1) is 19.7. The third-order valence-corrected chi connectivity index (χ3v) is 4.98. The second-order valence-corrected chi connectivity index (χ2v) is 7.12. The molecule has 0 bridgehead atoms. The summed E-state index contributed by atoms with van der Waals surface area (Å²) in [5.74, 6) is -0.0818. The average molecular weight is 380 g/mol. The van der Waals surface area contributed by atoms with Gasteiger partial charge in [0.2, 0.25) is 5.91 Å². The second kappa shape index (κ2) is 9.23. The van der Waals surface area contributed by atoms with E-state index in [0.717, 1.165) is 43.6 Å². The molecule has 1 aliphatic heterocycles. The first-order chi connectivity index (χ1) is 13.5. The quantitative estimate of drug-likeness (QED) is 0.473. The number of carbonyl (C=O) groups is 1. The van der Waals surface area contributed by atoms with E-state index in [1.54, 1.807) is 18.3 Å². The van der Waals surface area contributed by atoms with Gasteiger partial charge in [0, 0.05) is 24.6 Å². The van der Waals surface area contributed by atoms with Gasteiger partial charge >= 0.3 is 0 Å². The Kier molecular flexibility index (Phi) is 6.49. The lowest BCUT2D eigenvalue weighted by molar-refractivity contribution is -0.384. The third-order valence-electron chi connectivity index (χ3n) is 4.98. The average Bonchev–Trinajstić information content (AvgIpc) is 2.70. The lowest BCUT2D eigenvalue weighted by Crippen LogP contribution is -2.39. The number of likely N-dealkylation sites (tertiary alicyclic amines) is 1. The number of amides is 1. The lowest BCUT2D eigenvalue weighted by Gasteiger charge is -2.30.